The minimum atomic E-state index is -0.398. The van der Waals surface area contributed by atoms with Crippen LogP contribution in [0.25, 0.3) is 11.1 Å². The minimum Gasteiger partial charge on any atom is -0.472 e. The molecule has 0 radical (unpaired) electrons. The molecule has 1 aliphatic carbocycles. The summed E-state index contributed by atoms with van der Waals surface area (Å²) in [7, 11) is 0. The zero-order chi connectivity index (χ0) is 24.6. The maximum absolute atomic E-state index is 11.8. The molecule has 9 heteroatoms. The van der Waals surface area contributed by atoms with Gasteiger partial charge in [-0.3, -0.25) is 14.9 Å². The largest absolute Gasteiger partial charge is 0.472 e. The number of nitrogens with zero attached hydrogens (tertiary/aromatic N) is 2. The number of amides is 2. The predicted octanol–water partition coefficient (Wildman–Crippen LogP) is 4.76. The van der Waals surface area contributed by atoms with Gasteiger partial charge in [-0.25, -0.2) is 9.98 Å². The molecule has 0 spiro atoms. The number of nitrogens with one attached hydrogen (secondary N) is 3. The molecule has 2 amide bonds. The van der Waals surface area contributed by atoms with Crippen molar-refractivity contribution in [2.45, 2.75) is 51.2 Å². The second-order valence-electron chi connectivity index (χ2n) is 8.43. The van der Waals surface area contributed by atoms with E-state index in [2.05, 4.69) is 51.9 Å². The van der Waals surface area contributed by atoms with Crippen LogP contribution in [0.4, 0.5) is 4.79 Å². The van der Waals surface area contributed by atoms with Crippen molar-refractivity contribution >= 4 is 35.6 Å². The Hall–Kier alpha value is -3.43. The van der Waals surface area contributed by atoms with E-state index in [0.717, 1.165) is 55.1 Å². The number of carbonyl (C=O) groups excluding carboxylic acids is 2. The van der Waals surface area contributed by atoms with Crippen molar-refractivity contribution in [3.05, 3.63) is 71.2 Å². The van der Waals surface area contributed by atoms with Gasteiger partial charge >= 0.3 is 0 Å². The quantitative estimate of drug-likeness (QED) is 0.293. The molecule has 2 aromatic rings. The molecular formula is C26H29N5O3S. The van der Waals surface area contributed by atoms with Crippen molar-refractivity contribution in [1.82, 2.24) is 16.0 Å². The lowest BCUT2D eigenvalue weighted by Crippen LogP contribution is -2.34. The number of hydrogen-bond donors (Lipinski definition) is 3. The van der Waals surface area contributed by atoms with E-state index in [9.17, 15) is 9.59 Å². The Bertz CT molecular complexity index is 1160. The Morgan fingerprint density at radius 2 is 2.06 bits per heavy atom. The topological polar surface area (TPSA) is 108 Å². The van der Waals surface area contributed by atoms with Crippen LogP contribution in [-0.2, 0) is 11.3 Å². The van der Waals surface area contributed by atoms with Crippen LogP contribution in [0.1, 0.15) is 38.2 Å². The van der Waals surface area contributed by atoms with Crippen molar-refractivity contribution in [3.8, 4) is 11.1 Å². The van der Waals surface area contributed by atoms with Crippen LogP contribution in [0.2, 0.25) is 0 Å². The van der Waals surface area contributed by atoms with Crippen molar-refractivity contribution in [1.29, 1.82) is 0 Å². The average molecular weight is 492 g/mol. The summed E-state index contributed by atoms with van der Waals surface area (Å²) in [6, 6.07) is 11.1. The molecule has 1 saturated carbocycles. The lowest BCUT2D eigenvalue weighted by atomic mass is 9.91. The lowest BCUT2D eigenvalue weighted by Gasteiger charge is -2.27. The van der Waals surface area contributed by atoms with Gasteiger partial charge in [0, 0.05) is 23.8 Å². The van der Waals surface area contributed by atoms with Crippen molar-refractivity contribution < 1.29 is 14.0 Å². The third-order valence-electron chi connectivity index (χ3n) is 6.02. The Kier molecular flexibility index (Phi) is 8.33. The van der Waals surface area contributed by atoms with E-state index in [1.807, 2.05) is 13.0 Å². The van der Waals surface area contributed by atoms with Crippen LogP contribution in [-0.4, -0.2) is 35.9 Å². The third-order valence-corrected chi connectivity index (χ3v) is 6.83. The van der Waals surface area contributed by atoms with Gasteiger partial charge in [0.05, 0.1) is 23.5 Å². The van der Waals surface area contributed by atoms with E-state index >= 15 is 0 Å². The van der Waals surface area contributed by atoms with E-state index in [1.165, 1.54) is 5.56 Å². The summed E-state index contributed by atoms with van der Waals surface area (Å²) in [4.78, 5) is 32.3. The molecule has 2 heterocycles. The van der Waals surface area contributed by atoms with Gasteiger partial charge in [0.15, 0.2) is 0 Å². The van der Waals surface area contributed by atoms with Crippen LogP contribution in [0.3, 0.4) is 0 Å². The SMILES string of the molecule is C=NC(=NC1CCC(NCc2cccc(-c3ccoc3)c2)CC1)NC(=C\C)/C=C1\SC(=O)NC1=O. The Morgan fingerprint density at radius 1 is 1.23 bits per heavy atom. The molecule has 1 aromatic heterocycles. The predicted molar refractivity (Wildman–Crippen MR) is 140 cm³/mol. The Morgan fingerprint density at radius 3 is 2.71 bits per heavy atom. The second kappa shape index (κ2) is 11.8. The molecule has 4 rings (SSSR count). The summed E-state index contributed by atoms with van der Waals surface area (Å²) in [5, 5.41) is 8.67. The first-order valence-electron chi connectivity index (χ1n) is 11.6. The van der Waals surface area contributed by atoms with Crippen LogP contribution in [0.15, 0.2) is 80.0 Å². The van der Waals surface area contributed by atoms with Gasteiger partial charge < -0.3 is 15.1 Å². The highest BCUT2D eigenvalue weighted by molar-refractivity contribution is 8.18. The molecule has 0 atom stereocenters. The smallest absolute Gasteiger partial charge is 0.290 e. The first kappa shape index (κ1) is 24.7. The fourth-order valence-corrected chi connectivity index (χ4v) is 4.80. The van der Waals surface area contributed by atoms with E-state index in [-0.39, 0.29) is 11.3 Å². The van der Waals surface area contributed by atoms with Crippen molar-refractivity contribution in [2.75, 3.05) is 0 Å². The monoisotopic (exact) mass is 491 g/mol. The maximum atomic E-state index is 11.8. The molecule has 1 aromatic carbocycles. The number of carbonyl (C=O) groups is 2. The summed E-state index contributed by atoms with van der Waals surface area (Å²) in [6.45, 7) is 6.28. The first-order valence-corrected chi connectivity index (χ1v) is 12.4. The third kappa shape index (κ3) is 6.80. The van der Waals surface area contributed by atoms with Crippen molar-refractivity contribution in [3.63, 3.8) is 0 Å². The van der Waals surface area contributed by atoms with Crippen LogP contribution >= 0.6 is 11.8 Å². The van der Waals surface area contributed by atoms with Gasteiger partial charge in [0.2, 0.25) is 5.96 Å². The van der Waals surface area contributed by atoms with Crippen LogP contribution < -0.4 is 16.0 Å². The molecular weight excluding hydrogens is 462 g/mol. The molecule has 0 bridgehead atoms. The normalized spacial score (nSPS) is 22.4. The number of imide groups is 1. The van der Waals surface area contributed by atoms with Gasteiger partial charge in [-0.2, -0.15) is 0 Å². The number of furan rings is 1. The molecule has 3 N–H and O–H groups in total. The van der Waals surface area contributed by atoms with E-state index in [0.29, 0.717) is 22.6 Å². The van der Waals surface area contributed by atoms with Gasteiger partial charge in [0.25, 0.3) is 11.1 Å². The standard InChI is InChI=1S/C26H29N5O3S/c1-3-20(14-23-24(32)31-26(33)35-23)29-25(27-2)30-22-9-7-21(8-10-22)28-15-17-5-4-6-18(13-17)19-11-12-34-16-19/h3-6,11-14,16,21-22,28H,2,7-10,15H2,1H3,(H,29,30)(H,31,32,33)/b20-3-,23-14-. The fourth-order valence-electron chi connectivity index (χ4n) is 4.13. The number of rotatable bonds is 7. The molecule has 35 heavy (non-hydrogen) atoms. The summed E-state index contributed by atoms with van der Waals surface area (Å²) >= 11 is 0.874. The molecule has 2 aliphatic rings. The Balaban J connectivity index is 1.27. The van der Waals surface area contributed by atoms with Crippen molar-refractivity contribution in [2.24, 2.45) is 9.98 Å². The van der Waals surface area contributed by atoms with Gasteiger partial charge in [-0.05, 0) is 80.4 Å². The molecule has 8 nitrogen and oxygen atoms in total. The highest BCUT2D eigenvalue weighted by Gasteiger charge is 2.25. The first-order chi connectivity index (χ1) is 17.0. The summed E-state index contributed by atoms with van der Waals surface area (Å²) in [5.41, 5.74) is 4.12. The number of hydrogen-bond acceptors (Lipinski definition) is 6. The number of guanidine groups is 1. The van der Waals surface area contributed by atoms with E-state index < -0.39 is 5.91 Å². The van der Waals surface area contributed by atoms with Gasteiger partial charge in [-0.15, -0.1) is 0 Å². The lowest BCUT2D eigenvalue weighted by molar-refractivity contribution is -0.115. The summed E-state index contributed by atoms with van der Waals surface area (Å²) in [6.07, 6.45) is 10.8. The molecule has 1 saturated heterocycles. The summed E-state index contributed by atoms with van der Waals surface area (Å²) < 4.78 is 5.20. The number of benzene rings is 1. The van der Waals surface area contributed by atoms with Crippen LogP contribution in [0.5, 0.6) is 0 Å². The number of aliphatic imine (C=N–C) groups is 2. The molecule has 182 valence electrons. The molecule has 1 aliphatic heterocycles. The molecule has 2 fully saturated rings. The zero-order valence-electron chi connectivity index (χ0n) is 19.6. The maximum Gasteiger partial charge on any atom is 0.290 e. The fraction of sp³-hybridized carbons (Fsp3) is 0.308. The number of allylic oxidation sites excluding steroid dienone is 2. The highest BCUT2D eigenvalue weighted by Crippen LogP contribution is 2.25. The van der Waals surface area contributed by atoms with Crippen LogP contribution in [0, 0.1) is 0 Å². The Labute approximate surface area is 209 Å². The number of thioether (sulfide) groups is 1. The highest BCUT2D eigenvalue weighted by atomic mass is 32.2. The van der Waals surface area contributed by atoms with E-state index in [1.54, 1.807) is 24.7 Å². The zero-order valence-corrected chi connectivity index (χ0v) is 20.4. The van der Waals surface area contributed by atoms with E-state index in [4.69, 9.17) is 9.41 Å². The molecule has 0 unspecified atom stereocenters. The van der Waals surface area contributed by atoms with Gasteiger partial charge in [-0.1, -0.05) is 24.3 Å². The summed E-state index contributed by atoms with van der Waals surface area (Å²) in [5.74, 6) is 0.0161. The average Bonchev–Trinajstić information content (AvgIpc) is 3.52. The second-order valence-corrected chi connectivity index (χ2v) is 9.45. The minimum absolute atomic E-state index is 0.155. The van der Waals surface area contributed by atoms with Gasteiger partial charge in [0.1, 0.15) is 0 Å².